The smallest absolute Gasteiger partial charge is 0.244 e. The molecule has 0 aromatic carbocycles. The molecule has 0 saturated carbocycles. The third-order valence-corrected chi connectivity index (χ3v) is 2.78. The summed E-state index contributed by atoms with van der Waals surface area (Å²) in [7, 11) is 0. The monoisotopic (exact) mass is 344 g/mol. The molecular formula is C9H15BrCl2N4O. The van der Waals surface area contributed by atoms with Crippen LogP contribution in [0.15, 0.2) is 16.9 Å². The van der Waals surface area contributed by atoms with Gasteiger partial charge in [-0.3, -0.25) is 9.48 Å². The van der Waals surface area contributed by atoms with Crippen LogP contribution in [-0.2, 0) is 11.3 Å². The van der Waals surface area contributed by atoms with Gasteiger partial charge in [0.25, 0.3) is 0 Å². The van der Waals surface area contributed by atoms with E-state index in [1.807, 2.05) is 4.90 Å². The minimum absolute atomic E-state index is 0. The van der Waals surface area contributed by atoms with Crippen LogP contribution in [0.25, 0.3) is 0 Å². The fourth-order valence-electron chi connectivity index (χ4n) is 1.58. The maximum Gasteiger partial charge on any atom is 0.244 e. The number of piperazine rings is 1. The van der Waals surface area contributed by atoms with Crippen molar-refractivity contribution < 1.29 is 4.79 Å². The normalized spacial score (nSPS) is 14.8. The largest absolute Gasteiger partial charge is 0.339 e. The van der Waals surface area contributed by atoms with Crippen molar-refractivity contribution in [3.8, 4) is 0 Å². The van der Waals surface area contributed by atoms with E-state index in [2.05, 4.69) is 26.3 Å². The fraction of sp³-hybridized carbons (Fsp3) is 0.556. The number of carbonyl (C=O) groups excluding carboxylic acids is 1. The Balaban J connectivity index is 0.00000128. The summed E-state index contributed by atoms with van der Waals surface area (Å²) >= 11 is 3.30. The van der Waals surface area contributed by atoms with Crippen molar-refractivity contribution in [2.24, 2.45) is 0 Å². The number of hydrogen-bond donors (Lipinski definition) is 1. The predicted octanol–water partition coefficient (Wildman–Crippen LogP) is 0.921. The molecule has 1 saturated heterocycles. The molecule has 0 atom stereocenters. The molecule has 0 bridgehead atoms. The number of nitrogens with one attached hydrogen (secondary N) is 1. The van der Waals surface area contributed by atoms with Crippen molar-refractivity contribution >= 4 is 46.7 Å². The second kappa shape index (κ2) is 7.92. The molecule has 1 N–H and O–H groups in total. The Morgan fingerprint density at radius 2 is 2.06 bits per heavy atom. The summed E-state index contributed by atoms with van der Waals surface area (Å²) in [6, 6.07) is 0. The average molecular weight is 346 g/mol. The number of carbonyl (C=O) groups is 1. The third-order valence-electron chi connectivity index (χ3n) is 2.37. The second-order valence-electron chi connectivity index (χ2n) is 3.49. The van der Waals surface area contributed by atoms with Gasteiger partial charge in [-0.2, -0.15) is 5.10 Å². The molecule has 17 heavy (non-hydrogen) atoms. The van der Waals surface area contributed by atoms with E-state index >= 15 is 0 Å². The maximum atomic E-state index is 11.8. The van der Waals surface area contributed by atoms with E-state index in [9.17, 15) is 4.79 Å². The van der Waals surface area contributed by atoms with Gasteiger partial charge in [0.15, 0.2) is 0 Å². The van der Waals surface area contributed by atoms with E-state index in [-0.39, 0.29) is 30.7 Å². The standard InChI is InChI=1S/C9H13BrN4O.2ClH/c10-8-5-12-14(6-8)7-9(15)13-3-1-11-2-4-13;;/h5-6,11H,1-4,7H2;2*1H. The van der Waals surface area contributed by atoms with E-state index in [4.69, 9.17) is 0 Å². The van der Waals surface area contributed by atoms with Crippen LogP contribution >= 0.6 is 40.7 Å². The molecule has 1 aromatic rings. The summed E-state index contributed by atoms with van der Waals surface area (Å²) < 4.78 is 2.55. The molecule has 1 aliphatic rings. The highest BCUT2D eigenvalue weighted by atomic mass is 79.9. The van der Waals surface area contributed by atoms with Crippen LogP contribution in [0.2, 0.25) is 0 Å². The molecular weight excluding hydrogens is 331 g/mol. The van der Waals surface area contributed by atoms with Gasteiger partial charge >= 0.3 is 0 Å². The molecule has 0 aliphatic carbocycles. The van der Waals surface area contributed by atoms with E-state index in [0.29, 0.717) is 6.54 Å². The molecule has 1 amide bonds. The van der Waals surface area contributed by atoms with Crippen molar-refractivity contribution in [3.05, 3.63) is 16.9 Å². The second-order valence-corrected chi connectivity index (χ2v) is 4.40. The Labute approximate surface area is 121 Å². The molecule has 0 unspecified atom stereocenters. The highest BCUT2D eigenvalue weighted by Crippen LogP contribution is 2.06. The first-order valence-corrected chi connectivity index (χ1v) is 5.71. The lowest BCUT2D eigenvalue weighted by Gasteiger charge is -2.27. The Kier molecular flexibility index (Phi) is 7.78. The van der Waals surface area contributed by atoms with E-state index < -0.39 is 0 Å². The highest BCUT2D eigenvalue weighted by molar-refractivity contribution is 9.10. The Bertz CT molecular complexity index is 355. The molecule has 5 nitrogen and oxygen atoms in total. The van der Waals surface area contributed by atoms with Crippen LogP contribution in [-0.4, -0.2) is 46.8 Å². The van der Waals surface area contributed by atoms with Gasteiger partial charge in [-0.05, 0) is 15.9 Å². The first-order valence-electron chi connectivity index (χ1n) is 4.92. The number of amides is 1. The molecule has 2 heterocycles. The minimum Gasteiger partial charge on any atom is -0.339 e. The van der Waals surface area contributed by atoms with Crippen molar-refractivity contribution in [2.75, 3.05) is 26.2 Å². The summed E-state index contributed by atoms with van der Waals surface area (Å²) in [5, 5.41) is 7.27. The SMILES string of the molecule is Cl.Cl.O=C(Cn1cc(Br)cn1)N1CCNCC1. The van der Waals surface area contributed by atoms with Gasteiger partial charge in [0, 0.05) is 32.4 Å². The molecule has 0 spiro atoms. The fourth-order valence-corrected chi connectivity index (χ4v) is 1.91. The number of nitrogens with zero attached hydrogens (tertiary/aromatic N) is 3. The molecule has 98 valence electrons. The Hall–Kier alpha value is -0.300. The molecule has 1 aliphatic heterocycles. The van der Waals surface area contributed by atoms with Gasteiger partial charge in [0.05, 0.1) is 10.7 Å². The van der Waals surface area contributed by atoms with Crippen molar-refractivity contribution in [2.45, 2.75) is 6.54 Å². The maximum absolute atomic E-state index is 11.8. The van der Waals surface area contributed by atoms with Crippen LogP contribution in [0.1, 0.15) is 0 Å². The van der Waals surface area contributed by atoms with Gasteiger partial charge in [-0.15, -0.1) is 24.8 Å². The van der Waals surface area contributed by atoms with Gasteiger partial charge in [-0.1, -0.05) is 0 Å². The van der Waals surface area contributed by atoms with Crippen LogP contribution < -0.4 is 5.32 Å². The predicted molar refractivity (Wildman–Crippen MR) is 73.9 cm³/mol. The topological polar surface area (TPSA) is 50.2 Å². The molecule has 1 aromatic heterocycles. The zero-order valence-corrected chi connectivity index (χ0v) is 12.4. The number of hydrogen-bond acceptors (Lipinski definition) is 3. The lowest BCUT2D eigenvalue weighted by atomic mass is 10.3. The lowest BCUT2D eigenvalue weighted by Crippen LogP contribution is -2.47. The summed E-state index contributed by atoms with van der Waals surface area (Å²) in [4.78, 5) is 13.7. The summed E-state index contributed by atoms with van der Waals surface area (Å²) in [6.07, 6.45) is 3.49. The summed E-state index contributed by atoms with van der Waals surface area (Å²) in [5.74, 6) is 0.132. The highest BCUT2D eigenvalue weighted by Gasteiger charge is 2.16. The van der Waals surface area contributed by atoms with Crippen LogP contribution in [0, 0.1) is 0 Å². The quantitative estimate of drug-likeness (QED) is 0.867. The van der Waals surface area contributed by atoms with Crippen LogP contribution in [0.5, 0.6) is 0 Å². The minimum atomic E-state index is 0. The van der Waals surface area contributed by atoms with Gasteiger partial charge in [0.1, 0.15) is 6.54 Å². The average Bonchev–Trinajstić information content (AvgIpc) is 2.65. The van der Waals surface area contributed by atoms with Crippen molar-refractivity contribution in [3.63, 3.8) is 0 Å². The van der Waals surface area contributed by atoms with Crippen molar-refractivity contribution in [1.29, 1.82) is 0 Å². The third kappa shape index (κ3) is 4.83. The van der Waals surface area contributed by atoms with Gasteiger partial charge in [-0.25, -0.2) is 0 Å². The lowest BCUT2D eigenvalue weighted by molar-refractivity contribution is -0.132. The molecule has 8 heteroatoms. The van der Waals surface area contributed by atoms with Gasteiger partial charge in [0.2, 0.25) is 5.91 Å². The van der Waals surface area contributed by atoms with E-state index in [1.165, 1.54) is 0 Å². The van der Waals surface area contributed by atoms with Gasteiger partial charge < -0.3 is 10.2 Å². The zero-order chi connectivity index (χ0) is 10.7. The Morgan fingerprint density at radius 3 is 2.59 bits per heavy atom. The number of aromatic nitrogens is 2. The van der Waals surface area contributed by atoms with Crippen LogP contribution in [0.4, 0.5) is 0 Å². The first kappa shape index (κ1) is 16.7. The zero-order valence-electron chi connectivity index (χ0n) is 9.13. The molecule has 1 fully saturated rings. The Morgan fingerprint density at radius 1 is 1.41 bits per heavy atom. The summed E-state index contributed by atoms with van der Waals surface area (Å²) in [6.45, 7) is 3.68. The van der Waals surface area contributed by atoms with Crippen molar-refractivity contribution in [1.82, 2.24) is 20.0 Å². The molecule has 0 radical (unpaired) electrons. The van der Waals surface area contributed by atoms with E-state index in [0.717, 1.165) is 30.7 Å². The number of halogens is 3. The van der Waals surface area contributed by atoms with E-state index in [1.54, 1.807) is 17.1 Å². The first-order chi connectivity index (χ1) is 7.25. The van der Waals surface area contributed by atoms with Crippen LogP contribution in [0.3, 0.4) is 0 Å². The molecule has 2 rings (SSSR count). The summed E-state index contributed by atoms with van der Waals surface area (Å²) in [5.41, 5.74) is 0. The number of rotatable bonds is 2.